The molecule has 0 aliphatic rings. The highest BCUT2D eigenvalue weighted by atomic mass is 16.5. The molecule has 1 unspecified atom stereocenters. The van der Waals surface area contributed by atoms with E-state index in [-0.39, 0.29) is 0 Å². The van der Waals surface area contributed by atoms with E-state index < -0.39 is 12.3 Å². The molecule has 0 rings (SSSR count). The molecular weight excluding hydrogens is 170 g/mol. The molecule has 1 amide bonds. The Balaban J connectivity index is 3.48. The summed E-state index contributed by atoms with van der Waals surface area (Å²) in [5, 5.41) is 10.6. The van der Waals surface area contributed by atoms with Gasteiger partial charge in [-0.2, -0.15) is 0 Å². The Kier molecular flexibility index (Phi) is 7.01. The highest BCUT2D eigenvalue weighted by molar-refractivity contribution is 5.64. The van der Waals surface area contributed by atoms with Gasteiger partial charge in [-0.15, -0.1) is 0 Å². The molecule has 0 aliphatic heterocycles. The zero-order chi connectivity index (χ0) is 10.1. The van der Waals surface area contributed by atoms with Crippen LogP contribution in [0.5, 0.6) is 0 Å². The average Bonchev–Trinajstić information content (AvgIpc) is 2.09. The van der Waals surface area contributed by atoms with Gasteiger partial charge in [-0.25, -0.2) is 4.79 Å². The number of amides is 1. The van der Waals surface area contributed by atoms with Crippen molar-refractivity contribution < 1.29 is 14.6 Å². The van der Waals surface area contributed by atoms with Gasteiger partial charge in [0.1, 0.15) is 0 Å². The van der Waals surface area contributed by atoms with Gasteiger partial charge in [-0.3, -0.25) is 5.32 Å². The van der Waals surface area contributed by atoms with Crippen LogP contribution in [0.2, 0.25) is 0 Å². The second-order valence-corrected chi connectivity index (χ2v) is 2.68. The first-order valence-corrected chi connectivity index (χ1v) is 4.44. The third kappa shape index (κ3) is 7.33. The zero-order valence-corrected chi connectivity index (χ0v) is 7.95. The molecule has 0 aromatic carbocycles. The summed E-state index contributed by atoms with van der Waals surface area (Å²) in [6, 6.07) is 0. The summed E-state index contributed by atoms with van der Waals surface area (Å²) in [5.74, 6) is 0. The molecule has 0 saturated carbocycles. The number of nitrogens with one attached hydrogen (secondary N) is 1. The SMILES string of the molecule is C=CC(NC(=O)O)OCCCCC. The summed E-state index contributed by atoms with van der Waals surface area (Å²) >= 11 is 0. The fraction of sp³-hybridized carbons (Fsp3) is 0.667. The fourth-order valence-corrected chi connectivity index (χ4v) is 0.853. The molecule has 0 aromatic heterocycles. The van der Waals surface area contributed by atoms with Gasteiger partial charge < -0.3 is 9.84 Å². The minimum atomic E-state index is -1.10. The maximum atomic E-state index is 10.2. The van der Waals surface area contributed by atoms with Crippen molar-refractivity contribution in [3.05, 3.63) is 12.7 Å². The van der Waals surface area contributed by atoms with Crippen molar-refractivity contribution in [3.63, 3.8) is 0 Å². The number of rotatable bonds is 7. The van der Waals surface area contributed by atoms with Crippen molar-refractivity contribution in [2.75, 3.05) is 6.61 Å². The largest absolute Gasteiger partial charge is 0.465 e. The first-order valence-electron chi connectivity index (χ1n) is 4.44. The third-order valence-corrected chi connectivity index (χ3v) is 1.53. The van der Waals surface area contributed by atoms with E-state index in [9.17, 15) is 4.79 Å². The summed E-state index contributed by atoms with van der Waals surface area (Å²) in [5.41, 5.74) is 0. The molecule has 0 spiro atoms. The quantitative estimate of drug-likeness (QED) is 0.364. The summed E-state index contributed by atoms with van der Waals surface area (Å²) < 4.78 is 5.19. The van der Waals surface area contributed by atoms with Crippen LogP contribution in [0.1, 0.15) is 26.2 Å². The van der Waals surface area contributed by atoms with Crippen molar-refractivity contribution in [1.82, 2.24) is 5.32 Å². The zero-order valence-electron chi connectivity index (χ0n) is 7.95. The number of carbonyl (C=O) groups is 1. The lowest BCUT2D eigenvalue weighted by Gasteiger charge is -2.12. The van der Waals surface area contributed by atoms with E-state index in [4.69, 9.17) is 9.84 Å². The molecule has 1 atom stereocenters. The van der Waals surface area contributed by atoms with Gasteiger partial charge in [0.25, 0.3) is 0 Å². The average molecular weight is 187 g/mol. The summed E-state index contributed by atoms with van der Waals surface area (Å²) in [4.78, 5) is 10.2. The topological polar surface area (TPSA) is 58.6 Å². The second-order valence-electron chi connectivity index (χ2n) is 2.68. The standard InChI is InChI=1S/C9H17NO3/c1-3-5-6-7-13-8(4-2)10-9(11)12/h4,8,10H,2-3,5-7H2,1H3,(H,11,12). The van der Waals surface area contributed by atoms with Gasteiger partial charge in [-0.05, 0) is 12.5 Å². The van der Waals surface area contributed by atoms with Crippen molar-refractivity contribution >= 4 is 6.09 Å². The Morgan fingerprint density at radius 3 is 2.85 bits per heavy atom. The lowest BCUT2D eigenvalue weighted by Crippen LogP contribution is -2.34. The van der Waals surface area contributed by atoms with Gasteiger partial charge in [0.15, 0.2) is 6.23 Å². The molecule has 0 saturated heterocycles. The molecular formula is C9H17NO3. The Labute approximate surface area is 78.6 Å². The number of ether oxygens (including phenoxy) is 1. The van der Waals surface area contributed by atoms with Crippen LogP contribution in [0.3, 0.4) is 0 Å². The van der Waals surface area contributed by atoms with Crippen LogP contribution < -0.4 is 5.32 Å². The van der Waals surface area contributed by atoms with E-state index in [1.807, 2.05) is 0 Å². The first kappa shape index (κ1) is 12.0. The Bertz CT molecular complexity index is 159. The Morgan fingerprint density at radius 2 is 2.38 bits per heavy atom. The van der Waals surface area contributed by atoms with Crippen LogP contribution in [0, 0.1) is 0 Å². The molecule has 13 heavy (non-hydrogen) atoms. The summed E-state index contributed by atoms with van der Waals surface area (Å²) in [6.45, 7) is 6.12. The van der Waals surface area contributed by atoms with E-state index in [0.29, 0.717) is 6.61 Å². The van der Waals surface area contributed by atoms with E-state index >= 15 is 0 Å². The molecule has 0 heterocycles. The van der Waals surface area contributed by atoms with Gasteiger partial charge in [0.2, 0.25) is 0 Å². The van der Waals surface area contributed by atoms with Crippen LogP contribution >= 0.6 is 0 Å². The summed E-state index contributed by atoms with van der Waals surface area (Å²) in [7, 11) is 0. The lowest BCUT2D eigenvalue weighted by atomic mass is 10.3. The van der Waals surface area contributed by atoms with Crippen molar-refractivity contribution in [2.24, 2.45) is 0 Å². The molecule has 4 heteroatoms. The summed E-state index contributed by atoms with van der Waals surface area (Å²) in [6.07, 6.45) is 2.91. The monoisotopic (exact) mass is 187 g/mol. The van der Waals surface area contributed by atoms with Gasteiger partial charge in [-0.1, -0.05) is 26.3 Å². The van der Waals surface area contributed by atoms with Gasteiger partial charge in [0.05, 0.1) is 0 Å². The van der Waals surface area contributed by atoms with Crippen LogP contribution in [0.4, 0.5) is 4.79 Å². The van der Waals surface area contributed by atoms with E-state index in [2.05, 4.69) is 18.8 Å². The minimum absolute atomic E-state index is 0.560. The van der Waals surface area contributed by atoms with Crippen molar-refractivity contribution in [2.45, 2.75) is 32.4 Å². The van der Waals surface area contributed by atoms with E-state index in [1.165, 1.54) is 6.08 Å². The van der Waals surface area contributed by atoms with Crippen molar-refractivity contribution in [3.8, 4) is 0 Å². The van der Waals surface area contributed by atoms with E-state index in [0.717, 1.165) is 19.3 Å². The predicted molar refractivity (Wildman–Crippen MR) is 50.6 cm³/mol. The molecule has 0 radical (unpaired) electrons. The maximum absolute atomic E-state index is 10.2. The Hall–Kier alpha value is -1.03. The molecule has 2 N–H and O–H groups in total. The molecule has 76 valence electrons. The number of hydrogen-bond acceptors (Lipinski definition) is 2. The molecule has 0 fully saturated rings. The van der Waals surface area contributed by atoms with Crippen molar-refractivity contribution in [1.29, 1.82) is 0 Å². The molecule has 0 aliphatic carbocycles. The molecule has 4 nitrogen and oxygen atoms in total. The number of hydrogen-bond donors (Lipinski definition) is 2. The van der Waals surface area contributed by atoms with Gasteiger partial charge >= 0.3 is 6.09 Å². The first-order chi connectivity index (χ1) is 6.20. The Morgan fingerprint density at radius 1 is 1.69 bits per heavy atom. The van der Waals surface area contributed by atoms with E-state index in [1.54, 1.807) is 0 Å². The molecule has 0 aromatic rings. The van der Waals surface area contributed by atoms with Crippen LogP contribution in [-0.4, -0.2) is 24.0 Å². The predicted octanol–water partition coefficient (Wildman–Crippen LogP) is 1.97. The highest BCUT2D eigenvalue weighted by Gasteiger charge is 2.05. The lowest BCUT2D eigenvalue weighted by molar-refractivity contribution is 0.0595. The van der Waals surface area contributed by atoms with Crippen LogP contribution in [-0.2, 0) is 4.74 Å². The minimum Gasteiger partial charge on any atom is -0.465 e. The third-order valence-electron chi connectivity index (χ3n) is 1.53. The second kappa shape index (κ2) is 7.61. The maximum Gasteiger partial charge on any atom is 0.406 e. The number of carboxylic acid groups (broad SMARTS) is 1. The fourth-order valence-electron chi connectivity index (χ4n) is 0.853. The van der Waals surface area contributed by atoms with Crippen LogP contribution in [0.15, 0.2) is 12.7 Å². The normalized spacial score (nSPS) is 12.1. The molecule has 0 bridgehead atoms. The smallest absolute Gasteiger partial charge is 0.406 e. The van der Waals surface area contributed by atoms with Gasteiger partial charge in [0, 0.05) is 6.61 Å². The highest BCUT2D eigenvalue weighted by Crippen LogP contribution is 1.97. The van der Waals surface area contributed by atoms with Crippen LogP contribution in [0.25, 0.3) is 0 Å². The number of unbranched alkanes of at least 4 members (excludes halogenated alkanes) is 2.